The molecule has 0 aromatic rings. The standard InChI is InChI=1S/C10H18N2O2/c13-9(5-8-1-2-8)12-7-10(14)3-4-11-6-10/h8,11,14H,1-7H2,(H,12,13). The maximum Gasteiger partial charge on any atom is 0.220 e. The van der Waals surface area contributed by atoms with Crippen molar-refractivity contribution in [3.05, 3.63) is 0 Å². The Kier molecular flexibility index (Phi) is 2.74. The minimum atomic E-state index is -0.709. The minimum Gasteiger partial charge on any atom is -0.387 e. The second-order valence-corrected chi connectivity index (χ2v) is 4.58. The van der Waals surface area contributed by atoms with Gasteiger partial charge in [0.05, 0.1) is 5.60 Å². The molecule has 4 nitrogen and oxygen atoms in total. The number of nitrogens with one attached hydrogen (secondary N) is 2. The van der Waals surface area contributed by atoms with Crippen LogP contribution < -0.4 is 10.6 Å². The van der Waals surface area contributed by atoms with E-state index in [2.05, 4.69) is 10.6 Å². The van der Waals surface area contributed by atoms with E-state index >= 15 is 0 Å². The van der Waals surface area contributed by atoms with Crippen LogP contribution >= 0.6 is 0 Å². The van der Waals surface area contributed by atoms with Gasteiger partial charge >= 0.3 is 0 Å². The van der Waals surface area contributed by atoms with Crippen LogP contribution in [0.15, 0.2) is 0 Å². The van der Waals surface area contributed by atoms with Crippen LogP contribution in [0.5, 0.6) is 0 Å². The van der Waals surface area contributed by atoms with Gasteiger partial charge in [-0.15, -0.1) is 0 Å². The van der Waals surface area contributed by atoms with Gasteiger partial charge in [0.15, 0.2) is 0 Å². The molecule has 1 saturated carbocycles. The summed E-state index contributed by atoms with van der Waals surface area (Å²) in [4.78, 5) is 11.3. The lowest BCUT2D eigenvalue weighted by Crippen LogP contribution is -2.44. The summed E-state index contributed by atoms with van der Waals surface area (Å²) in [5.74, 6) is 0.708. The number of carbonyl (C=O) groups is 1. The summed E-state index contributed by atoms with van der Waals surface area (Å²) >= 11 is 0. The van der Waals surface area contributed by atoms with Crippen molar-refractivity contribution in [1.29, 1.82) is 0 Å². The molecule has 1 amide bonds. The Morgan fingerprint density at radius 3 is 2.93 bits per heavy atom. The van der Waals surface area contributed by atoms with Gasteiger partial charge in [0.2, 0.25) is 5.91 Å². The average Bonchev–Trinajstić information content (AvgIpc) is 2.85. The average molecular weight is 198 g/mol. The maximum absolute atomic E-state index is 11.3. The number of hydrogen-bond donors (Lipinski definition) is 3. The van der Waals surface area contributed by atoms with Gasteiger partial charge in [0.1, 0.15) is 0 Å². The summed E-state index contributed by atoms with van der Waals surface area (Å²) in [6.45, 7) is 1.83. The fraction of sp³-hybridized carbons (Fsp3) is 0.900. The van der Waals surface area contributed by atoms with E-state index < -0.39 is 5.60 Å². The quantitative estimate of drug-likeness (QED) is 0.577. The molecule has 1 heterocycles. The predicted octanol–water partition coefficient (Wildman–Crippen LogP) is -0.373. The van der Waals surface area contributed by atoms with Crippen LogP contribution in [0.2, 0.25) is 0 Å². The first kappa shape index (κ1) is 9.93. The highest BCUT2D eigenvalue weighted by Gasteiger charge is 2.32. The lowest BCUT2D eigenvalue weighted by molar-refractivity contribution is -0.122. The summed E-state index contributed by atoms with van der Waals surface area (Å²) in [7, 11) is 0. The van der Waals surface area contributed by atoms with Gasteiger partial charge in [0, 0.05) is 19.5 Å². The molecule has 1 aliphatic carbocycles. The number of β-amino-alcohol motifs (C(OH)–C–C–N with tert-alkyl or cyclic N) is 1. The molecule has 14 heavy (non-hydrogen) atoms. The zero-order valence-corrected chi connectivity index (χ0v) is 8.38. The highest BCUT2D eigenvalue weighted by atomic mass is 16.3. The van der Waals surface area contributed by atoms with Gasteiger partial charge in [-0.2, -0.15) is 0 Å². The predicted molar refractivity (Wildman–Crippen MR) is 52.8 cm³/mol. The molecule has 2 rings (SSSR count). The fourth-order valence-electron chi connectivity index (χ4n) is 1.80. The van der Waals surface area contributed by atoms with Crippen molar-refractivity contribution in [1.82, 2.24) is 10.6 Å². The molecule has 4 heteroatoms. The van der Waals surface area contributed by atoms with E-state index in [1.165, 1.54) is 12.8 Å². The Bertz CT molecular complexity index is 220. The van der Waals surface area contributed by atoms with Gasteiger partial charge < -0.3 is 15.7 Å². The van der Waals surface area contributed by atoms with Crippen molar-refractivity contribution in [2.75, 3.05) is 19.6 Å². The van der Waals surface area contributed by atoms with Gasteiger partial charge in [-0.25, -0.2) is 0 Å². The van der Waals surface area contributed by atoms with Crippen LogP contribution in [-0.2, 0) is 4.79 Å². The molecule has 0 bridgehead atoms. The Morgan fingerprint density at radius 1 is 1.57 bits per heavy atom. The van der Waals surface area contributed by atoms with Crippen molar-refractivity contribution in [2.24, 2.45) is 5.92 Å². The number of hydrogen-bond acceptors (Lipinski definition) is 3. The van der Waals surface area contributed by atoms with Gasteiger partial charge in [-0.05, 0) is 31.7 Å². The third-order valence-corrected chi connectivity index (χ3v) is 3.01. The van der Waals surface area contributed by atoms with Gasteiger partial charge in [0.25, 0.3) is 0 Å². The monoisotopic (exact) mass is 198 g/mol. The van der Waals surface area contributed by atoms with Crippen LogP contribution in [0.3, 0.4) is 0 Å². The zero-order chi connectivity index (χ0) is 10.0. The summed E-state index contributed by atoms with van der Waals surface area (Å²) in [6, 6.07) is 0. The number of rotatable bonds is 4. The first-order valence-corrected chi connectivity index (χ1v) is 5.38. The molecule has 1 saturated heterocycles. The smallest absolute Gasteiger partial charge is 0.220 e. The Morgan fingerprint density at radius 2 is 2.36 bits per heavy atom. The van der Waals surface area contributed by atoms with Gasteiger partial charge in [-0.3, -0.25) is 4.79 Å². The Balaban J connectivity index is 1.67. The summed E-state index contributed by atoms with van der Waals surface area (Å²) in [5, 5.41) is 15.8. The highest BCUT2D eigenvalue weighted by molar-refractivity contribution is 5.76. The minimum absolute atomic E-state index is 0.0906. The van der Waals surface area contributed by atoms with Crippen molar-refractivity contribution in [2.45, 2.75) is 31.3 Å². The molecule has 0 aromatic heterocycles. The molecule has 80 valence electrons. The van der Waals surface area contributed by atoms with E-state index in [-0.39, 0.29) is 5.91 Å². The first-order valence-electron chi connectivity index (χ1n) is 5.38. The van der Waals surface area contributed by atoms with Crippen LogP contribution in [0.25, 0.3) is 0 Å². The topological polar surface area (TPSA) is 61.4 Å². The van der Waals surface area contributed by atoms with E-state index in [1.54, 1.807) is 0 Å². The number of aliphatic hydroxyl groups is 1. The summed E-state index contributed by atoms with van der Waals surface area (Å²) < 4.78 is 0. The molecule has 2 aliphatic rings. The SMILES string of the molecule is O=C(CC1CC1)NCC1(O)CCNC1. The molecule has 3 N–H and O–H groups in total. The molecule has 0 aromatic carbocycles. The van der Waals surface area contributed by atoms with E-state index in [1.807, 2.05) is 0 Å². The number of amides is 1. The molecule has 1 aliphatic heterocycles. The molecule has 0 spiro atoms. The van der Waals surface area contributed by atoms with Crippen LogP contribution in [0, 0.1) is 5.92 Å². The van der Waals surface area contributed by atoms with Crippen molar-refractivity contribution in [3.63, 3.8) is 0 Å². The normalized spacial score (nSPS) is 31.8. The molecular formula is C10H18N2O2. The molecule has 1 atom stereocenters. The summed E-state index contributed by atoms with van der Waals surface area (Å²) in [5.41, 5.74) is -0.709. The zero-order valence-electron chi connectivity index (χ0n) is 8.38. The van der Waals surface area contributed by atoms with E-state index in [0.29, 0.717) is 25.4 Å². The lowest BCUT2D eigenvalue weighted by Gasteiger charge is -2.21. The molecular weight excluding hydrogens is 180 g/mol. The van der Waals surface area contributed by atoms with Crippen molar-refractivity contribution in [3.8, 4) is 0 Å². The van der Waals surface area contributed by atoms with Crippen molar-refractivity contribution < 1.29 is 9.90 Å². The third-order valence-electron chi connectivity index (χ3n) is 3.01. The van der Waals surface area contributed by atoms with Crippen LogP contribution in [0.4, 0.5) is 0 Å². The van der Waals surface area contributed by atoms with Gasteiger partial charge in [-0.1, -0.05) is 0 Å². The first-order chi connectivity index (χ1) is 6.68. The second-order valence-electron chi connectivity index (χ2n) is 4.58. The molecule has 2 fully saturated rings. The van der Waals surface area contributed by atoms with Crippen LogP contribution in [0.1, 0.15) is 25.7 Å². The summed E-state index contributed by atoms with van der Waals surface area (Å²) in [6.07, 6.45) is 3.76. The number of carbonyl (C=O) groups excluding carboxylic acids is 1. The third kappa shape index (κ3) is 2.69. The lowest BCUT2D eigenvalue weighted by atomic mass is 10.0. The fourth-order valence-corrected chi connectivity index (χ4v) is 1.80. The van der Waals surface area contributed by atoms with E-state index in [4.69, 9.17) is 0 Å². The molecule has 0 radical (unpaired) electrons. The van der Waals surface area contributed by atoms with Crippen molar-refractivity contribution >= 4 is 5.91 Å². The largest absolute Gasteiger partial charge is 0.387 e. The molecule has 1 unspecified atom stereocenters. The van der Waals surface area contributed by atoms with Crippen LogP contribution in [-0.4, -0.2) is 36.2 Å². The maximum atomic E-state index is 11.3. The second kappa shape index (κ2) is 3.87. The Labute approximate surface area is 84.1 Å². The Hall–Kier alpha value is -0.610. The van der Waals surface area contributed by atoms with E-state index in [9.17, 15) is 9.90 Å². The highest BCUT2D eigenvalue weighted by Crippen LogP contribution is 2.32. The van der Waals surface area contributed by atoms with E-state index in [0.717, 1.165) is 13.0 Å².